The molecule has 1 rings (SSSR count). The molecule has 1 aromatic carbocycles. The van der Waals surface area contributed by atoms with Gasteiger partial charge in [-0.15, -0.1) is 23.5 Å². The van der Waals surface area contributed by atoms with Crippen LogP contribution in [-0.2, 0) is 0 Å². The molecule has 0 radical (unpaired) electrons. The highest BCUT2D eigenvalue weighted by Gasteiger charge is 2.10. The van der Waals surface area contributed by atoms with Crippen molar-refractivity contribution >= 4 is 34.7 Å². The van der Waals surface area contributed by atoms with Gasteiger partial charge in [0.25, 0.3) is 0 Å². The lowest BCUT2D eigenvalue weighted by atomic mass is 10.1. The number of hydrogen-bond donors (Lipinski definition) is 0. The van der Waals surface area contributed by atoms with Crippen molar-refractivity contribution in [3.05, 3.63) is 22.6 Å². The molecule has 26 heavy (non-hydrogen) atoms. The Hall–Kier alpha value is -2.38. The molecule has 0 bridgehead atoms. The molecule has 0 aliphatic carbocycles. The van der Waals surface area contributed by atoms with Crippen molar-refractivity contribution in [2.24, 2.45) is 0 Å². The standard InChI is InChI=1S/C20H20N4S2/c1-3-5-7-25-19-9-18(16(13-23)14-24)20(26-8-6-4-2)10-17(19)15(11-21)12-22/h9-10H,3-8H2,1-2H3. The Morgan fingerprint density at radius 1 is 0.731 bits per heavy atom. The molecule has 0 unspecified atom stereocenters. The Morgan fingerprint density at radius 3 is 1.35 bits per heavy atom. The second-order valence-corrected chi connectivity index (χ2v) is 7.72. The highest BCUT2D eigenvalue weighted by Crippen LogP contribution is 2.20. The molecule has 4 nitrogen and oxygen atoms in total. The maximum Gasteiger partial charge on any atom is 0.138 e. The Balaban J connectivity index is 3.74. The monoisotopic (exact) mass is 380 g/mol. The number of thioether (sulfide) groups is 2. The smallest absolute Gasteiger partial charge is 0.138 e. The van der Waals surface area contributed by atoms with Gasteiger partial charge in [0.1, 0.15) is 35.4 Å². The SMILES string of the molecule is CCCCSc1cc(=C(C#N)C#N)c(SCCCC)cc1=C(C#N)C#N. The summed E-state index contributed by atoms with van der Waals surface area (Å²) in [5, 5.41) is 38.4. The normalized spacial score (nSPS) is 9.46. The zero-order chi connectivity index (χ0) is 19.4. The lowest BCUT2D eigenvalue weighted by Gasteiger charge is -2.08. The highest BCUT2D eigenvalue weighted by molar-refractivity contribution is 7.99. The molecule has 0 aromatic heterocycles. The van der Waals surface area contributed by atoms with Crippen LogP contribution in [0.5, 0.6) is 0 Å². The van der Waals surface area contributed by atoms with E-state index in [1.165, 1.54) is 0 Å². The molecule has 132 valence electrons. The van der Waals surface area contributed by atoms with Crippen molar-refractivity contribution in [3.8, 4) is 24.3 Å². The maximum atomic E-state index is 9.32. The van der Waals surface area contributed by atoms with Crippen LogP contribution < -0.4 is 10.4 Å². The van der Waals surface area contributed by atoms with Crippen LogP contribution in [0, 0.1) is 45.3 Å². The average Bonchev–Trinajstić information content (AvgIpc) is 2.66. The summed E-state index contributed by atoms with van der Waals surface area (Å²) < 4.78 is 0. The second kappa shape index (κ2) is 12.1. The van der Waals surface area contributed by atoms with Crippen molar-refractivity contribution in [2.45, 2.75) is 49.3 Å². The van der Waals surface area contributed by atoms with Gasteiger partial charge in [-0.3, -0.25) is 0 Å². The minimum atomic E-state index is 0.0587. The molecular formula is C20H20N4S2. The first-order chi connectivity index (χ1) is 12.7. The Labute approximate surface area is 163 Å². The van der Waals surface area contributed by atoms with Gasteiger partial charge in [0.05, 0.1) is 0 Å². The minimum absolute atomic E-state index is 0.0587. The second-order valence-electron chi connectivity index (χ2n) is 5.45. The van der Waals surface area contributed by atoms with Crippen LogP contribution in [0.25, 0.3) is 11.1 Å². The van der Waals surface area contributed by atoms with Crippen LogP contribution in [-0.4, -0.2) is 11.5 Å². The van der Waals surface area contributed by atoms with Gasteiger partial charge >= 0.3 is 0 Å². The zero-order valence-electron chi connectivity index (χ0n) is 15.0. The summed E-state index contributed by atoms with van der Waals surface area (Å²) >= 11 is 3.11. The predicted octanol–water partition coefficient (Wildman–Crippen LogP) is 3.87. The molecule has 1 aromatic rings. The molecule has 0 atom stereocenters. The van der Waals surface area contributed by atoms with Gasteiger partial charge in [-0.2, -0.15) is 21.0 Å². The number of hydrogen-bond acceptors (Lipinski definition) is 6. The molecule has 0 spiro atoms. The van der Waals surface area contributed by atoms with E-state index in [-0.39, 0.29) is 11.1 Å². The van der Waals surface area contributed by atoms with Crippen molar-refractivity contribution in [1.82, 2.24) is 0 Å². The van der Waals surface area contributed by atoms with Crippen LogP contribution in [0.2, 0.25) is 0 Å². The van der Waals surface area contributed by atoms with E-state index >= 15 is 0 Å². The van der Waals surface area contributed by atoms with E-state index in [4.69, 9.17) is 0 Å². The van der Waals surface area contributed by atoms with Crippen molar-refractivity contribution in [2.75, 3.05) is 11.5 Å². The van der Waals surface area contributed by atoms with Gasteiger partial charge in [0.2, 0.25) is 0 Å². The fraction of sp³-hybridized carbons (Fsp3) is 0.400. The third-order valence-electron chi connectivity index (χ3n) is 3.58. The molecule has 0 amide bonds. The molecular weight excluding hydrogens is 360 g/mol. The molecule has 0 aliphatic rings. The number of nitrogens with zero attached hydrogens (tertiary/aromatic N) is 4. The van der Waals surface area contributed by atoms with Gasteiger partial charge in [-0.25, -0.2) is 0 Å². The van der Waals surface area contributed by atoms with E-state index in [9.17, 15) is 21.0 Å². The summed E-state index contributed by atoms with van der Waals surface area (Å²) in [5.41, 5.74) is 0.117. The number of nitriles is 4. The minimum Gasteiger partial charge on any atom is -0.192 e. The van der Waals surface area contributed by atoms with E-state index in [1.807, 2.05) is 24.3 Å². The molecule has 0 heterocycles. The predicted molar refractivity (Wildman–Crippen MR) is 106 cm³/mol. The van der Waals surface area contributed by atoms with Crippen molar-refractivity contribution < 1.29 is 0 Å². The lowest BCUT2D eigenvalue weighted by molar-refractivity contribution is 0.895. The summed E-state index contributed by atoms with van der Waals surface area (Å²) in [7, 11) is 0. The largest absolute Gasteiger partial charge is 0.192 e. The van der Waals surface area contributed by atoms with Crippen molar-refractivity contribution in [3.63, 3.8) is 0 Å². The number of unbranched alkanes of at least 4 members (excludes halogenated alkanes) is 2. The van der Waals surface area contributed by atoms with Gasteiger partial charge in [0.15, 0.2) is 0 Å². The van der Waals surface area contributed by atoms with Crippen LogP contribution in [0.4, 0.5) is 0 Å². The summed E-state index contributed by atoms with van der Waals surface area (Å²) in [6.07, 6.45) is 4.10. The molecule has 0 fully saturated rings. The molecule has 0 saturated carbocycles. The van der Waals surface area contributed by atoms with Crippen LogP contribution >= 0.6 is 23.5 Å². The first kappa shape index (κ1) is 21.7. The first-order valence-corrected chi connectivity index (χ1v) is 10.4. The lowest BCUT2D eigenvalue weighted by Crippen LogP contribution is -2.19. The van der Waals surface area contributed by atoms with Gasteiger partial charge < -0.3 is 0 Å². The van der Waals surface area contributed by atoms with E-state index in [2.05, 4.69) is 13.8 Å². The average molecular weight is 381 g/mol. The molecule has 0 saturated heterocycles. The van der Waals surface area contributed by atoms with E-state index in [1.54, 1.807) is 35.7 Å². The topological polar surface area (TPSA) is 95.2 Å². The molecule has 0 aliphatic heterocycles. The third-order valence-corrected chi connectivity index (χ3v) is 5.86. The van der Waals surface area contributed by atoms with E-state index in [0.717, 1.165) is 47.0 Å². The highest BCUT2D eigenvalue weighted by atomic mass is 32.2. The van der Waals surface area contributed by atoms with Gasteiger partial charge in [-0.05, 0) is 36.5 Å². The van der Waals surface area contributed by atoms with Gasteiger partial charge in [-0.1, -0.05) is 26.7 Å². The quantitative estimate of drug-likeness (QED) is 0.502. The summed E-state index contributed by atoms with van der Waals surface area (Å²) in [6, 6.07) is 11.4. The summed E-state index contributed by atoms with van der Waals surface area (Å²) in [5.74, 6) is 1.70. The zero-order valence-corrected chi connectivity index (χ0v) is 16.6. The van der Waals surface area contributed by atoms with E-state index < -0.39 is 0 Å². The summed E-state index contributed by atoms with van der Waals surface area (Å²) in [4.78, 5) is 1.55. The Kier molecular flexibility index (Phi) is 10.0. The Bertz CT molecular complexity index is 812. The fourth-order valence-electron chi connectivity index (χ4n) is 2.13. The van der Waals surface area contributed by atoms with E-state index in [0.29, 0.717) is 10.4 Å². The van der Waals surface area contributed by atoms with Crippen LogP contribution in [0.15, 0.2) is 21.9 Å². The van der Waals surface area contributed by atoms with Crippen LogP contribution in [0.3, 0.4) is 0 Å². The fourth-order valence-corrected chi connectivity index (χ4v) is 4.47. The van der Waals surface area contributed by atoms with Gasteiger partial charge in [0, 0.05) is 20.2 Å². The number of benzene rings is 1. The summed E-state index contributed by atoms with van der Waals surface area (Å²) in [6.45, 7) is 4.19. The Morgan fingerprint density at radius 2 is 1.08 bits per heavy atom. The van der Waals surface area contributed by atoms with Crippen LogP contribution in [0.1, 0.15) is 39.5 Å². The maximum absolute atomic E-state index is 9.32. The number of rotatable bonds is 8. The molecule has 6 heteroatoms. The molecule has 0 N–H and O–H groups in total. The first-order valence-electron chi connectivity index (χ1n) is 8.45. The van der Waals surface area contributed by atoms with Crippen molar-refractivity contribution in [1.29, 1.82) is 21.0 Å². The third kappa shape index (κ3) is 5.86.